The van der Waals surface area contributed by atoms with Gasteiger partial charge >= 0.3 is 5.97 Å². The quantitative estimate of drug-likeness (QED) is 0.223. The smallest absolute Gasteiger partial charge is 0.312 e. The van der Waals surface area contributed by atoms with E-state index in [-0.39, 0.29) is 35.8 Å². The minimum atomic E-state index is -0.379. The fourth-order valence-electron chi connectivity index (χ4n) is 5.57. The maximum Gasteiger partial charge on any atom is 0.312 e. The average molecular weight is 556 g/mol. The van der Waals surface area contributed by atoms with Gasteiger partial charge in [-0.1, -0.05) is 24.3 Å². The second kappa shape index (κ2) is 11.0. The summed E-state index contributed by atoms with van der Waals surface area (Å²) in [6.45, 7) is 1.73. The van der Waals surface area contributed by atoms with Crippen molar-refractivity contribution in [1.29, 1.82) is 0 Å². The van der Waals surface area contributed by atoms with Crippen molar-refractivity contribution in [3.05, 3.63) is 82.6 Å². The Morgan fingerprint density at radius 3 is 2.54 bits per heavy atom. The molecule has 210 valence electrons. The Kier molecular flexibility index (Phi) is 7.09. The number of likely N-dealkylation sites (tertiary alicyclic amines) is 1. The fourth-order valence-corrected chi connectivity index (χ4v) is 5.57. The molecular weight excluding hydrogens is 526 g/mol. The summed E-state index contributed by atoms with van der Waals surface area (Å²) in [5.41, 5.74) is 2.54. The first-order chi connectivity index (χ1) is 20.0. The first kappa shape index (κ1) is 26.4. The number of hydrogen-bond acceptors (Lipinski definition) is 8. The van der Waals surface area contributed by atoms with E-state index in [1.54, 1.807) is 43.5 Å². The molecule has 41 heavy (non-hydrogen) atoms. The van der Waals surface area contributed by atoms with Gasteiger partial charge in [0.25, 0.3) is 0 Å². The van der Waals surface area contributed by atoms with Crippen LogP contribution >= 0.6 is 0 Å². The maximum atomic E-state index is 13.4. The molecule has 3 heterocycles. The van der Waals surface area contributed by atoms with Crippen LogP contribution in [-0.4, -0.2) is 56.5 Å². The Bertz CT molecular complexity index is 1560. The van der Waals surface area contributed by atoms with Crippen molar-refractivity contribution in [2.45, 2.75) is 25.2 Å². The summed E-state index contributed by atoms with van der Waals surface area (Å²) in [6.07, 6.45) is 3.22. The molecule has 0 N–H and O–H groups in total. The van der Waals surface area contributed by atoms with Crippen LogP contribution in [0.3, 0.4) is 0 Å². The molecule has 1 amide bonds. The molecule has 1 unspecified atom stereocenters. The van der Waals surface area contributed by atoms with Gasteiger partial charge in [-0.05, 0) is 48.4 Å². The van der Waals surface area contributed by atoms with Gasteiger partial charge in [-0.2, -0.15) is 0 Å². The third-order valence-corrected chi connectivity index (χ3v) is 7.58. The lowest BCUT2D eigenvalue weighted by Gasteiger charge is -2.26. The summed E-state index contributed by atoms with van der Waals surface area (Å²) < 4.78 is 28.5. The zero-order chi connectivity index (χ0) is 28.5. The molecule has 0 bridgehead atoms. The van der Waals surface area contributed by atoms with Gasteiger partial charge in [-0.15, -0.1) is 0 Å². The number of allylic oxidation sites excluding steroid dienone is 1. The first-order valence-corrected chi connectivity index (χ1v) is 13.5. The molecule has 1 atom stereocenters. The van der Waals surface area contributed by atoms with Crippen LogP contribution in [-0.2, 0) is 9.59 Å². The molecule has 9 nitrogen and oxygen atoms in total. The van der Waals surface area contributed by atoms with Gasteiger partial charge in [-0.3, -0.25) is 14.4 Å². The fraction of sp³-hybridized carbons (Fsp3) is 0.281. The van der Waals surface area contributed by atoms with E-state index < -0.39 is 0 Å². The van der Waals surface area contributed by atoms with Crippen LogP contribution in [0.1, 0.15) is 52.2 Å². The lowest BCUT2D eigenvalue weighted by molar-refractivity contribution is -0.135. The van der Waals surface area contributed by atoms with E-state index in [4.69, 9.17) is 23.7 Å². The van der Waals surface area contributed by atoms with Gasteiger partial charge in [0.15, 0.2) is 17.3 Å². The highest BCUT2D eigenvalue weighted by molar-refractivity contribution is 6.15. The molecule has 9 heteroatoms. The highest BCUT2D eigenvalue weighted by Crippen LogP contribution is 2.49. The summed E-state index contributed by atoms with van der Waals surface area (Å²) in [5, 5.41) is 0. The SMILES string of the molecule is COc1cccc(/C=C2\Oc3c(ccc4c3C(c3ccc(OCCN5CCCC5=O)cc3)CC(=O)O4)C2=O)c1OC. The molecule has 3 aromatic rings. The number of esters is 1. The molecule has 1 saturated heterocycles. The van der Waals surface area contributed by atoms with E-state index in [1.165, 1.54) is 7.11 Å². The second-order valence-electron chi connectivity index (χ2n) is 10.0. The van der Waals surface area contributed by atoms with Crippen LogP contribution in [0.15, 0.2) is 60.4 Å². The normalized spacial score (nSPS) is 18.6. The number of Topliss-reactive ketones (excluding diaryl/α,β-unsaturated/α-hetero) is 1. The number of ketones is 1. The van der Waals surface area contributed by atoms with Gasteiger partial charge in [0.2, 0.25) is 11.7 Å². The van der Waals surface area contributed by atoms with Crippen LogP contribution < -0.4 is 23.7 Å². The standard InChI is InChI=1S/C32H29NO8/c1-37-25-6-3-5-20(31(25)38-2)17-26-30(36)22-12-13-24-29(32(22)41-26)23(18-28(35)40-24)19-8-10-21(11-9-19)39-16-15-33-14-4-7-27(33)34/h3,5-6,8-13,17,23H,4,7,14-16,18H2,1-2H3/b26-17-. The molecular formula is C32H29NO8. The van der Waals surface area contributed by atoms with Crippen molar-refractivity contribution in [2.24, 2.45) is 0 Å². The highest BCUT2D eigenvalue weighted by atomic mass is 16.5. The van der Waals surface area contributed by atoms with E-state index in [0.29, 0.717) is 65.0 Å². The topological polar surface area (TPSA) is 101 Å². The number of nitrogens with zero attached hydrogens (tertiary/aromatic N) is 1. The molecule has 3 aliphatic heterocycles. The van der Waals surface area contributed by atoms with Gasteiger partial charge in [0.05, 0.1) is 32.7 Å². The second-order valence-corrected chi connectivity index (χ2v) is 10.0. The molecule has 0 aromatic heterocycles. The first-order valence-electron chi connectivity index (χ1n) is 13.5. The summed E-state index contributed by atoms with van der Waals surface area (Å²) >= 11 is 0. The van der Waals surface area contributed by atoms with Crippen LogP contribution in [0.5, 0.6) is 28.7 Å². The van der Waals surface area contributed by atoms with Crippen LogP contribution in [0, 0.1) is 0 Å². The maximum absolute atomic E-state index is 13.4. The molecule has 0 saturated carbocycles. The number of benzene rings is 3. The van der Waals surface area contributed by atoms with Crippen molar-refractivity contribution in [2.75, 3.05) is 33.9 Å². The molecule has 0 radical (unpaired) electrons. The average Bonchev–Trinajstić information content (AvgIpc) is 3.54. The number of rotatable bonds is 8. The molecule has 3 aliphatic rings. The third kappa shape index (κ3) is 4.99. The lowest BCUT2D eigenvalue weighted by Crippen LogP contribution is -2.29. The Labute approximate surface area is 237 Å². The minimum absolute atomic E-state index is 0.0982. The summed E-state index contributed by atoms with van der Waals surface area (Å²) in [6, 6.07) is 16.1. The highest BCUT2D eigenvalue weighted by Gasteiger charge is 2.38. The van der Waals surface area contributed by atoms with Gasteiger partial charge < -0.3 is 28.6 Å². The summed E-state index contributed by atoms with van der Waals surface area (Å²) in [5.74, 6) is 1.72. The Morgan fingerprint density at radius 1 is 0.976 bits per heavy atom. The van der Waals surface area contributed by atoms with Crippen LogP contribution in [0.2, 0.25) is 0 Å². The Morgan fingerprint density at radius 2 is 1.80 bits per heavy atom. The van der Waals surface area contributed by atoms with Crippen LogP contribution in [0.4, 0.5) is 0 Å². The summed E-state index contributed by atoms with van der Waals surface area (Å²) in [4.78, 5) is 39.6. The van der Waals surface area contributed by atoms with Gasteiger partial charge in [0.1, 0.15) is 23.9 Å². The lowest BCUT2D eigenvalue weighted by atomic mass is 9.84. The summed E-state index contributed by atoms with van der Waals surface area (Å²) in [7, 11) is 3.08. The van der Waals surface area contributed by atoms with Crippen LogP contribution in [0.25, 0.3) is 6.08 Å². The van der Waals surface area contributed by atoms with Crippen molar-refractivity contribution in [3.63, 3.8) is 0 Å². The monoisotopic (exact) mass is 555 g/mol. The Hall–Kier alpha value is -4.79. The van der Waals surface area contributed by atoms with E-state index >= 15 is 0 Å². The molecule has 0 spiro atoms. The molecule has 6 rings (SSSR count). The number of carbonyl (C=O) groups is 3. The zero-order valence-electron chi connectivity index (χ0n) is 22.8. The van der Waals surface area contributed by atoms with E-state index in [2.05, 4.69) is 0 Å². The number of para-hydroxylation sites is 1. The number of ether oxygens (including phenoxy) is 5. The molecule has 1 fully saturated rings. The van der Waals surface area contributed by atoms with Crippen molar-refractivity contribution in [3.8, 4) is 28.7 Å². The number of hydrogen-bond donors (Lipinski definition) is 0. The van der Waals surface area contributed by atoms with Crippen molar-refractivity contribution >= 4 is 23.7 Å². The zero-order valence-corrected chi connectivity index (χ0v) is 22.8. The number of carbonyl (C=O) groups excluding carboxylic acids is 3. The van der Waals surface area contributed by atoms with E-state index in [0.717, 1.165) is 18.5 Å². The van der Waals surface area contributed by atoms with E-state index in [9.17, 15) is 14.4 Å². The number of amides is 1. The minimum Gasteiger partial charge on any atom is -0.493 e. The number of fused-ring (bicyclic) bond motifs is 3. The van der Waals surface area contributed by atoms with Gasteiger partial charge in [0, 0.05) is 30.0 Å². The molecule has 0 aliphatic carbocycles. The third-order valence-electron chi connectivity index (χ3n) is 7.58. The predicted octanol–water partition coefficient (Wildman–Crippen LogP) is 4.76. The predicted molar refractivity (Wildman–Crippen MR) is 149 cm³/mol. The Balaban J connectivity index is 1.27. The van der Waals surface area contributed by atoms with Crippen molar-refractivity contribution in [1.82, 2.24) is 4.90 Å². The number of methoxy groups -OCH3 is 2. The van der Waals surface area contributed by atoms with Crippen molar-refractivity contribution < 1.29 is 38.1 Å². The van der Waals surface area contributed by atoms with Gasteiger partial charge in [-0.25, -0.2) is 0 Å². The van der Waals surface area contributed by atoms with E-state index in [1.807, 2.05) is 29.2 Å². The largest absolute Gasteiger partial charge is 0.493 e. The molecule has 3 aromatic carbocycles.